The molecule has 0 bridgehead atoms. The molecule has 0 aliphatic carbocycles. The summed E-state index contributed by atoms with van der Waals surface area (Å²) in [4.78, 5) is -0.307. The molecular formula is C14H20FNO4S. The van der Waals surface area contributed by atoms with Crippen LogP contribution in [0.1, 0.15) is 13.8 Å². The maximum atomic E-state index is 13.8. The summed E-state index contributed by atoms with van der Waals surface area (Å²) < 4.78 is 51.2. The van der Waals surface area contributed by atoms with Crippen molar-refractivity contribution in [1.29, 1.82) is 0 Å². The van der Waals surface area contributed by atoms with Crippen LogP contribution in [0.5, 0.6) is 0 Å². The minimum Gasteiger partial charge on any atom is -0.382 e. The molecule has 0 unspecified atom stereocenters. The zero-order valence-corrected chi connectivity index (χ0v) is 13.2. The van der Waals surface area contributed by atoms with Crippen LogP contribution in [0.2, 0.25) is 0 Å². The van der Waals surface area contributed by atoms with Gasteiger partial charge < -0.3 is 9.47 Å². The Bertz CT molecular complexity index is 603. The summed E-state index contributed by atoms with van der Waals surface area (Å²) in [5, 5.41) is 0. The average Bonchev–Trinajstić information content (AvgIpc) is 2.37. The van der Waals surface area contributed by atoms with E-state index < -0.39 is 21.4 Å². The summed E-state index contributed by atoms with van der Waals surface area (Å²) in [7, 11) is -2.36. The molecule has 1 aliphatic heterocycles. The van der Waals surface area contributed by atoms with Crippen LogP contribution in [0.25, 0.3) is 0 Å². The van der Waals surface area contributed by atoms with E-state index in [2.05, 4.69) is 0 Å². The number of morpholine rings is 1. The van der Waals surface area contributed by atoms with Gasteiger partial charge in [0.2, 0.25) is 10.0 Å². The van der Waals surface area contributed by atoms with E-state index in [1.54, 1.807) is 13.8 Å². The van der Waals surface area contributed by atoms with Gasteiger partial charge >= 0.3 is 0 Å². The molecular weight excluding hydrogens is 297 g/mol. The predicted molar refractivity (Wildman–Crippen MR) is 76.0 cm³/mol. The fourth-order valence-electron chi connectivity index (χ4n) is 2.49. The summed E-state index contributed by atoms with van der Waals surface area (Å²) >= 11 is 0. The topological polar surface area (TPSA) is 55.8 Å². The van der Waals surface area contributed by atoms with E-state index in [0.29, 0.717) is 0 Å². The normalized spacial score (nSPS) is 23.1. The van der Waals surface area contributed by atoms with Gasteiger partial charge in [0, 0.05) is 20.2 Å². The largest absolute Gasteiger partial charge is 0.382 e. The second kappa shape index (κ2) is 6.00. The molecule has 1 aromatic rings. The maximum absolute atomic E-state index is 13.8. The first-order valence-electron chi connectivity index (χ1n) is 6.68. The van der Waals surface area contributed by atoms with Crippen molar-refractivity contribution < 1.29 is 22.3 Å². The van der Waals surface area contributed by atoms with Crippen molar-refractivity contribution in [1.82, 2.24) is 4.31 Å². The summed E-state index contributed by atoms with van der Waals surface area (Å²) in [6.07, 6.45) is -0.375. The van der Waals surface area contributed by atoms with Crippen molar-refractivity contribution >= 4 is 10.0 Å². The Morgan fingerprint density at radius 3 is 2.71 bits per heavy atom. The third kappa shape index (κ3) is 3.60. The van der Waals surface area contributed by atoms with Crippen LogP contribution in [0.3, 0.4) is 0 Å². The number of ether oxygens (including phenoxy) is 2. The van der Waals surface area contributed by atoms with Crippen LogP contribution in [0.15, 0.2) is 29.2 Å². The molecule has 1 aromatic carbocycles. The molecule has 0 spiro atoms. The van der Waals surface area contributed by atoms with Gasteiger partial charge in [-0.1, -0.05) is 12.1 Å². The van der Waals surface area contributed by atoms with Gasteiger partial charge in [-0.2, -0.15) is 4.31 Å². The van der Waals surface area contributed by atoms with E-state index in [9.17, 15) is 12.8 Å². The van der Waals surface area contributed by atoms with Gasteiger partial charge in [0.05, 0.1) is 18.3 Å². The first kappa shape index (κ1) is 16.4. The number of rotatable bonds is 4. The standard InChI is InChI=1S/C14H20FNO4S/c1-14(2)10-16(8-11(20-14)9-19-3)21(17,18)13-7-5-4-6-12(13)15/h4-7,11H,8-10H2,1-3H3/t11-/m1/s1. The van der Waals surface area contributed by atoms with Gasteiger partial charge in [-0.25, -0.2) is 12.8 Å². The highest BCUT2D eigenvalue weighted by Crippen LogP contribution is 2.27. The zero-order valence-electron chi connectivity index (χ0n) is 12.4. The highest BCUT2D eigenvalue weighted by atomic mass is 32.2. The predicted octanol–water partition coefficient (Wildman–Crippen LogP) is 1.64. The molecule has 21 heavy (non-hydrogen) atoms. The fraction of sp³-hybridized carbons (Fsp3) is 0.571. The molecule has 1 atom stereocenters. The first-order chi connectivity index (χ1) is 9.76. The Balaban J connectivity index is 2.33. The third-order valence-corrected chi connectivity index (χ3v) is 5.10. The third-order valence-electron chi connectivity index (χ3n) is 3.26. The molecule has 0 amide bonds. The Kier molecular flexibility index (Phi) is 4.67. The van der Waals surface area contributed by atoms with Gasteiger partial charge in [0.15, 0.2) is 0 Å². The fourth-order valence-corrected chi connectivity index (χ4v) is 4.18. The van der Waals surface area contributed by atoms with Gasteiger partial charge in [-0.15, -0.1) is 0 Å². The van der Waals surface area contributed by atoms with Crippen LogP contribution < -0.4 is 0 Å². The van der Waals surface area contributed by atoms with Crippen LogP contribution in [-0.4, -0.2) is 51.2 Å². The smallest absolute Gasteiger partial charge is 0.246 e. The average molecular weight is 317 g/mol. The molecule has 1 saturated heterocycles. The minimum atomic E-state index is -3.89. The first-order valence-corrected chi connectivity index (χ1v) is 8.12. The molecule has 2 rings (SSSR count). The van der Waals surface area contributed by atoms with Crippen molar-refractivity contribution in [3.63, 3.8) is 0 Å². The summed E-state index contributed by atoms with van der Waals surface area (Å²) in [6.45, 7) is 4.21. The summed E-state index contributed by atoms with van der Waals surface area (Å²) in [6, 6.07) is 5.39. The molecule has 0 radical (unpaired) electrons. The molecule has 1 aliphatic rings. The Morgan fingerprint density at radius 2 is 2.10 bits per heavy atom. The molecule has 1 fully saturated rings. The molecule has 118 valence electrons. The Labute approximate surface area is 124 Å². The van der Waals surface area contributed by atoms with Gasteiger partial charge in [0.25, 0.3) is 0 Å². The number of halogens is 1. The van der Waals surface area contributed by atoms with Crippen LogP contribution in [0, 0.1) is 5.82 Å². The zero-order chi connectivity index (χ0) is 15.7. The molecule has 0 N–H and O–H groups in total. The number of sulfonamides is 1. The van der Waals surface area contributed by atoms with E-state index in [0.717, 1.165) is 6.07 Å². The SMILES string of the molecule is COC[C@H]1CN(S(=O)(=O)c2ccccc2F)CC(C)(C)O1. The van der Waals surface area contributed by atoms with E-state index in [1.807, 2.05) is 0 Å². The lowest BCUT2D eigenvalue weighted by atomic mass is 10.1. The van der Waals surface area contributed by atoms with Crippen molar-refractivity contribution in [2.75, 3.05) is 26.8 Å². The highest BCUT2D eigenvalue weighted by Gasteiger charge is 2.40. The second-order valence-electron chi connectivity index (χ2n) is 5.68. The van der Waals surface area contributed by atoms with Crippen LogP contribution in [-0.2, 0) is 19.5 Å². The number of hydrogen-bond donors (Lipinski definition) is 0. The van der Waals surface area contributed by atoms with Gasteiger partial charge in [-0.05, 0) is 26.0 Å². The minimum absolute atomic E-state index is 0.147. The van der Waals surface area contributed by atoms with Crippen molar-refractivity contribution in [3.05, 3.63) is 30.1 Å². The number of hydrogen-bond acceptors (Lipinski definition) is 4. The number of benzene rings is 1. The summed E-state index contributed by atoms with van der Waals surface area (Å²) in [5.74, 6) is -0.745. The van der Waals surface area contributed by atoms with E-state index in [1.165, 1.54) is 29.6 Å². The second-order valence-corrected chi connectivity index (χ2v) is 7.59. The molecule has 1 heterocycles. The molecule has 7 heteroatoms. The van der Waals surface area contributed by atoms with E-state index >= 15 is 0 Å². The van der Waals surface area contributed by atoms with Gasteiger partial charge in [-0.3, -0.25) is 0 Å². The lowest BCUT2D eigenvalue weighted by Gasteiger charge is -2.41. The highest BCUT2D eigenvalue weighted by molar-refractivity contribution is 7.89. The summed E-state index contributed by atoms with van der Waals surface area (Å²) in [5.41, 5.74) is -0.653. The van der Waals surface area contributed by atoms with Crippen LogP contribution in [0.4, 0.5) is 4.39 Å². The molecule has 5 nitrogen and oxygen atoms in total. The van der Waals surface area contributed by atoms with Gasteiger partial charge in [0.1, 0.15) is 10.7 Å². The quantitative estimate of drug-likeness (QED) is 0.847. The van der Waals surface area contributed by atoms with Crippen molar-refractivity contribution in [2.24, 2.45) is 0 Å². The van der Waals surface area contributed by atoms with Crippen LogP contribution >= 0.6 is 0 Å². The van der Waals surface area contributed by atoms with Crippen molar-refractivity contribution in [2.45, 2.75) is 30.4 Å². The molecule has 0 saturated carbocycles. The molecule has 0 aromatic heterocycles. The number of nitrogens with zero attached hydrogens (tertiary/aromatic N) is 1. The lowest BCUT2D eigenvalue weighted by Crippen LogP contribution is -2.55. The van der Waals surface area contributed by atoms with E-state index in [4.69, 9.17) is 9.47 Å². The van der Waals surface area contributed by atoms with E-state index in [-0.39, 0.29) is 30.7 Å². The Morgan fingerprint density at radius 1 is 1.43 bits per heavy atom. The van der Waals surface area contributed by atoms with Crippen molar-refractivity contribution in [3.8, 4) is 0 Å². The maximum Gasteiger partial charge on any atom is 0.246 e. The monoisotopic (exact) mass is 317 g/mol. The number of methoxy groups -OCH3 is 1. The lowest BCUT2D eigenvalue weighted by molar-refractivity contribution is -0.135. The Hall–Kier alpha value is -1.02.